The molecule has 3 N–H and O–H groups in total. The van der Waals surface area contributed by atoms with E-state index in [0.29, 0.717) is 11.4 Å². The second-order valence-electron chi connectivity index (χ2n) is 8.75. The lowest BCUT2D eigenvalue weighted by Gasteiger charge is -2.27. The van der Waals surface area contributed by atoms with Crippen LogP contribution < -0.4 is 10.6 Å². The summed E-state index contributed by atoms with van der Waals surface area (Å²) in [5.74, 6) is 0.649. The minimum Gasteiger partial charge on any atom is -0.396 e. The van der Waals surface area contributed by atoms with Crippen LogP contribution in [0.2, 0.25) is 0 Å². The van der Waals surface area contributed by atoms with Gasteiger partial charge in [0.2, 0.25) is 0 Å². The van der Waals surface area contributed by atoms with Gasteiger partial charge in [-0.3, -0.25) is 4.79 Å². The van der Waals surface area contributed by atoms with E-state index in [4.69, 9.17) is 0 Å². The number of anilines is 1. The zero-order valence-corrected chi connectivity index (χ0v) is 18.5. The Morgan fingerprint density at radius 2 is 2.10 bits per heavy atom. The quantitative estimate of drug-likeness (QED) is 0.551. The van der Waals surface area contributed by atoms with Gasteiger partial charge in [0, 0.05) is 18.6 Å². The molecule has 0 aliphatic heterocycles. The molecule has 0 radical (unpaired) electrons. The van der Waals surface area contributed by atoms with Gasteiger partial charge in [-0.15, -0.1) is 11.3 Å². The molecular formula is C23H28N4O2S. The van der Waals surface area contributed by atoms with Gasteiger partial charge in [0.1, 0.15) is 17.0 Å². The number of nitrogens with one attached hydrogen (secondary N) is 2. The van der Waals surface area contributed by atoms with E-state index in [0.717, 1.165) is 40.9 Å². The molecule has 0 saturated heterocycles. The number of carbonyl (C=O) groups excluding carboxylic acids is 1. The Balaban J connectivity index is 1.63. The topological polar surface area (TPSA) is 87.1 Å². The molecule has 1 aliphatic carbocycles. The number of fused-ring (bicyclic) bond motifs is 2. The number of hydrogen-bond donors (Lipinski definition) is 3. The minimum absolute atomic E-state index is 0.0150. The third-order valence-electron chi connectivity index (χ3n) is 5.77. The molecule has 2 heterocycles. The first-order chi connectivity index (χ1) is 14.4. The van der Waals surface area contributed by atoms with E-state index in [-0.39, 0.29) is 24.0 Å². The molecule has 0 saturated carbocycles. The predicted octanol–water partition coefficient (Wildman–Crippen LogP) is 4.24. The molecule has 30 heavy (non-hydrogen) atoms. The van der Waals surface area contributed by atoms with Crippen molar-refractivity contribution in [3.8, 4) is 0 Å². The average Bonchev–Trinajstić information content (AvgIpc) is 3.10. The van der Waals surface area contributed by atoms with Crippen molar-refractivity contribution < 1.29 is 9.90 Å². The molecule has 0 bridgehead atoms. The van der Waals surface area contributed by atoms with Crippen LogP contribution in [0.5, 0.6) is 0 Å². The Hall–Kier alpha value is -2.51. The number of aromatic nitrogens is 2. The zero-order valence-electron chi connectivity index (χ0n) is 17.7. The molecule has 1 amide bonds. The van der Waals surface area contributed by atoms with Crippen LogP contribution in [0.25, 0.3) is 10.2 Å². The maximum Gasteiger partial charge on any atom is 0.261 e. The van der Waals surface area contributed by atoms with E-state index in [1.165, 1.54) is 22.5 Å². The number of amides is 1. The summed E-state index contributed by atoms with van der Waals surface area (Å²) >= 11 is 1.39. The van der Waals surface area contributed by atoms with Crippen LogP contribution in [0.3, 0.4) is 0 Å². The summed E-state index contributed by atoms with van der Waals surface area (Å²) < 4.78 is 0. The van der Waals surface area contributed by atoms with Crippen LogP contribution in [0, 0.1) is 12.3 Å². The van der Waals surface area contributed by atoms with Crippen LogP contribution in [-0.4, -0.2) is 34.1 Å². The fourth-order valence-electron chi connectivity index (χ4n) is 3.92. The molecule has 2 aromatic heterocycles. The molecular weight excluding hydrogens is 396 g/mol. The van der Waals surface area contributed by atoms with Crippen molar-refractivity contribution in [3.63, 3.8) is 0 Å². The van der Waals surface area contributed by atoms with Gasteiger partial charge in [-0.05, 0) is 42.9 Å². The van der Waals surface area contributed by atoms with Gasteiger partial charge in [-0.2, -0.15) is 0 Å². The first kappa shape index (κ1) is 20.8. The molecule has 4 rings (SSSR count). The second kappa shape index (κ2) is 8.32. The Morgan fingerprint density at radius 1 is 1.30 bits per heavy atom. The summed E-state index contributed by atoms with van der Waals surface area (Å²) in [4.78, 5) is 23.2. The van der Waals surface area contributed by atoms with Gasteiger partial charge in [0.05, 0.1) is 16.3 Å². The van der Waals surface area contributed by atoms with Gasteiger partial charge >= 0.3 is 0 Å². The number of aliphatic hydroxyl groups excluding tert-OH is 1. The number of thiophene rings is 1. The molecule has 158 valence electrons. The molecule has 1 aromatic carbocycles. The molecule has 6 nitrogen and oxygen atoms in total. The largest absolute Gasteiger partial charge is 0.396 e. The van der Waals surface area contributed by atoms with Crippen LogP contribution >= 0.6 is 11.3 Å². The van der Waals surface area contributed by atoms with Crippen LogP contribution in [-0.2, 0) is 6.42 Å². The van der Waals surface area contributed by atoms with Crippen LogP contribution in [0.15, 0.2) is 30.6 Å². The van der Waals surface area contributed by atoms with Crippen LogP contribution in [0.4, 0.5) is 5.82 Å². The summed E-state index contributed by atoms with van der Waals surface area (Å²) in [5.41, 5.74) is 3.25. The van der Waals surface area contributed by atoms with E-state index >= 15 is 0 Å². The van der Waals surface area contributed by atoms with E-state index in [1.807, 2.05) is 20.8 Å². The second-order valence-corrected chi connectivity index (χ2v) is 9.75. The molecule has 1 atom stereocenters. The zero-order chi connectivity index (χ0) is 21.3. The number of aliphatic hydroxyl groups is 1. The van der Waals surface area contributed by atoms with Crippen molar-refractivity contribution in [2.75, 3.05) is 18.5 Å². The molecule has 0 fully saturated rings. The highest BCUT2D eigenvalue weighted by molar-refractivity contribution is 7.20. The molecule has 7 heteroatoms. The number of nitrogens with zero attached hydrogens (tertiary/aromatic N) is 2. The SMILES string of the molecule is Cc1c(C(=O)NCC(C)(C)CO)sc2ncnc(NC3CCCc4ccccc43)c12. The highest BCUT2D eigenvalue weighted by Crippen LogP contribution is 2.37. The lowest BCUT2D eigenvalue weighted by atomic mass is 9.87. The molecule has 3 aromatic rings. The normalized spacial score (nSPS) is 16.3. The summed E-state index contributed by atoms with van der Waals surface area (Å²) in [7, 11) is 0. The summed E-state index contributed by atoms with van der Waals surface area (Å²) in [6, 6.07) is 8.77. The van der Waals surface area contributed by atoms with E-state index in [2.05, 4.69) is 44.9 Å². The summed E-state index contributed by atoms with van der Waals surface area (Å²) in [5, 5.41) is 16.9. The Labute approximate surface area is 180 Å². The molecule has 0 spiro atoms. The number of hydrogen-bond acceptors (Lipinski definition) is 6. The summed E-state index contributed by atoms with van der Waals surface area (Å²) in [6.07, 6.45) is 4.86. The predicted molar refractivity (Wildman–Crippen MR) is 121 cm³/mol. The van der Waals surface area contributed by atoms with Gasteiger partial charge in [-0.25, -0.2) is 9.97 Å². The van der Waals surface area contributed by atoms with Crippen molar-refractivity contribution >= 4 is 33.3 Å². The van der Waals surface area contributed by atoms with Crippen molar-refractivity contribution in [2.45, 2.75) is 46.1 Å². The van der Waals surface area contributed by atoms with E-state index in [1.54, 1.807) is 6.33 Å². The minimum atomic E-state index is -0.360. The third kappa shape index (κ3) is 4.04. The standard InChI is InChI=1S/C23H28N4O2S/c1-14-18-20(27-17-10-6-8-15-7-4-5-9-16(15)17)25-13-26-22(18)30-19(14)21(29)24-11-23(2,3)12-28/h4-5,7,9,13,17,28H,6,8,10-12H2,1-3H3,(H,24,29)(H,25,26,27). The maximum absolute atomic E-state index is 12.8. The Bertz CT molecular complexity index is 1080. The number of rotatable bonds is 6. The first-order valence-electron chi connectivity index (χ1n) is 10.4. The van der Waals surface area contributed by atoms with E-state index < -0.39 is 0 Å². The fraction of sp³-hybridized carbons (Fsp3) is 0.435. The smallest absolute Gasteiger partial charge is 0.261 e. The number of carbonyl (C=O) groups is 1. The Morgan fingerprint density at radius 3 is 2.90 bits per heavy atom. The first-order valence-corrected chi connectivity index (χ1v) is 11.2. The van der Waals surface area contributed by atoms with Gasteiger partial charge in [0.25, 0.3) is 5.91 Å². The third-order valence-corrected chi connectivity index (χ3v) is 6.97. The van der Waals surface area contributed by atoms with Gasteiger partial charge in [0.15, 0.2) is 0 Å². The van der Waals surface area contributed by atoms with Crippen molar-refractivity contribution in [2.24, 2.45) is 5.41 Å². The van der Waals surface area contributed by atoms with E-state index in [9.17, 15) is 9.90 Å². The average molecular weight is 425 g/mol. The Kier molecular flexibility index (Phi) is 5.75. The monoisotopic (exact) mass is 424 g/mol. The number of aryl methyl sites for hydroxylation is 2. The lowest BCUT2D eigenvalue weighted by molar-refractivity contribution is 0.0914. The van der Waals surface area contributed by atoms with Gasteiger partial charge in [-0.1, -0.05) is 38.1 Å². The lowest BCUT2D eigenvalue weighted by Crippen LogP contribution is -2.35. The van der Waals surface area contributed by atoms with Crippen LogP contribution in [0.1, 0.15) is 59.1 Å². The van der Waals surface area contributed by atoms with Crippen molar-refractivity contribution in [1.29, 1.82) is 0 Å². The maximum atomic E-state index is 12.8. The fourth-order valence-corrected chi connectivity index (χ4v) is 4.99. The highest BCUT2D eigenvalue weighted by atomic mass is 32.1. The van der Waals surface area contributed by atoms with Crippen molar-refractivity contribution in [1.82, 2.24) is 15.3 Å². The van der Waals surface area contributed by atoms with Crippen molar-refractivity contribution in [3.05, 3.63) is 52.2 Å². The number of benzene rings is 1. The molecule has 1 aliphatic rings. The highest BCUT2D eigenvalue weighted by Gasteiger charge is 2.25. The molecule has 1 unspecified atom stereocenters. The van der Waals surface area contributed by atoms with Gasteiger partial charge < -0.3 is 15.7 Å². The summed E-state index contributed by atoms with van der Waals surface area (Å²) in [6.45, 7) is 6.21.